The molecule has 0 saturated carbocycles. The molecule has 3 heterocycles. The Kier molecular flexibility index (Phi) is 5.57. The van der Waals surface area contributed by atoms with Crippen molar-refractivity contribution in [3.05, 3.63) is 108 Å². The Morgan fingerprint density at radius 1 is 0.886 bits per heavy atom. The zero-order chi connectivity index (χ0) is 23.9. The number of piperazine rings is 1. The first kappa shape index (κ1) is 21.9. The molecule has 5 heteroatoms. The van der Waals surface area contributed by atoms with Gasteiger partial charge in [0.15, 0.2) is 0 Å². The highest BCUT2D eigenvalue weighted by molar-refractivity contribution is 5.93. The highest BCUT2D eigenvalue weighted by Gasteiger charge is 2.40. The molecule has 2 saturated heterocycles. The molecule has 2 fully saturated rings. The van der Waals surface area contributed by atoms with Gasteiger partial charge in [-0.05, 0) is 47.7 Å². The van der Waals surface area contributed by atoms with Gasteiger partial charge in [0.05, 0.1) is 5.52 Å². The van der Waals surface area contributed by atoms with Crippen LogP contribution in [0, 0.1) is 11.6 Å². The van der Waals surface area contributed by atoms with E-state index in [1.807, 2.05) is 12.3 Å². The van der Waals surface area contributed by atoms with Crippen LogP contribution in [0.2, 0.25) is 0 Å². The summed E-state index contributed by atoms with van der Waals surface area (Å²) in [4.78, 5) is 9.38. The summed E-state index contributed by atoms with van der Waals surface area (Å²) in [6.07, 6.45) is 4.05. The fraction of sp³-hybridized carbons (Fsp3) is 0.233. The van der Waals surface area contributed by atoms with Gasteiger partial charge >= 0.3 is 0 Å². The van der Waals surface area contributed by atoms with Gasteiger partial charge in [0.1, 0.15) is 11.6 Å². The molecule has 3 aromatic carbocycles. The third-order valence-corrected chi connectivity index (χ3v) is 7.36. The lowest BCUT2D eigenvalue weighted by Gasteiger charge is -2.43. The molecule has 2 aliphatic rings. The van der Waals surface area contributed by atoms with Crippen LogP contribution in [0.5, 0.6) is 0 Å². The van der Waals surface area contributed by atoms with Gasteiger partial charge in [-0.25, -0.2) is 8.78 Å². The Morgan fingerprint density at radius 2 is 1.57 bits per heavy atom. The number of nitrogens with zero attached hydrogens (tertiary/aromatic N) is 3. The number of halogens is 2. The summed E-state index contributed by atoms with van der Waals surface area (Å²) in [6.45, 7) is 6.77. The van der Waals surface area contributed by atoms with Gasteiger partial charge in [0.25, 0.3) is 0 Å². The van der Waals surface area contributed by atoms with Crippen LogP contribution >= 0.6 is 0 Å². The molecular weight excluding hydrogens is 440 g/mol. The third kappa shape index (κ3) is 4.21. The van der Waals surface area contributed by atoms with E-state index in [4.69, 9.17) is 0 Å². The predicted octanol–water partition coefficient (Wildman–Crippen LogP) is 6.50. The molecule has 176 valence electrons. The topological polar surface area (TPSA) is 19.4 Å². The second-order valence-electron chi connectivity index (χ2n) is 9.67. The lowest BCUT2D eigenvalue weighted by Crippen LogP contribution is -2.52. The second kappa shape index (κ2) is 8.90. The first-order valence-corrected chi connectivity index (χ1v) is 12.1. The van der Waals surface area contributed by atoms with Crippen LogP contribution in [-0.2, 0) is 6.54 Å². The number of para-hydroxylation sites is 1. The summed E-state index contributed by atoms with van der Waals surface area (Å²) in [5, 5.41) is 1.13. The molecule has 0 spiro atoms. The van der Waals surface area contributed by atoms with Gasteiger partial charge in [-0.1, -0.05) is 55.1 Å². The Morgan fingerprint density at radius 3 is 2.29 bits per heavy atom. The predicted molar refractivity (Wildman–Crippen MR) is 136 cm³/mol. The number of rotatable bonds is 5. The molecule has 2 bridgehead atoms. The van der Waals surface area contributed by atoms with Crippen molar-refractivity contribution in [3.63, 3.8) is 0 Å². The van der Waals surface area contributed by atoms with Gasteiger partial charge in [-0.2, -0.15) is 0 Å². The Hall–Kier alpha value is -3.57. The van der Waals surface area contributed by atoms with E-state index >= 15 is 0 Å². The van der Waals surface area contributed by atoms with E-state index in [0.717, 1.165) is 65.3 Å². The summed E-state index contributed by atoms with van der Waals surface area (Å²) < 4.78 is 27.3. The normalized spacial score (nSPS) is 19.9. The monoisotopic (exact) mass is 467 g/mol. The quantitative estimate of drug-likeness (QED) is 0.334. The van der Waals surface area contributed by atoms with Crippen molar-refractivity contribution in [2.45, 2.75) is 31.5 Å². The van der Waals surface area contributed by atoms with Crippen molar-refractivity contribution in [2.75, 3.05) is 13.1 Å². The average molecular weight is 468 g/mol. The maximum atomic E-state index is 13.6. The van der Waals surface area contributed by atoms with Gasteiger partial charge in [0.2, 0.25) is 0 Å². The molecule has 35 heavy (non-hydrogen) atoms. The highest BCUT2D eigenvalue weighted by Crippen LogP contribution is 2.37. The molecule has 0 radical (unpaired) electrons. The van der Waals surface area contributed by atoms with E-state index in [2.05, 4.69) is 69.9 Å². The number of pyridine rings is 1. The highest BCUT2D eigenvalue weighted by atomic mass is 19.1. The van der Waals surface area contributed by atoms with Crippen molar-refractivity contribution >= 4 is 16.6 Å². The minimum Gasteiger partial charge on any atom is -0.363 e. The van der Waals surface area contributed by atoms with Gasteiger partial charge in [0, 0.05) is 60.6 Å². The minimum absolute atomic E-state index is 0.363. The summed E-state index contributed by atoms with van der Waals surface area (Å²) in [5.41, 5.74) is 6.14. The first-order valence-electron chi connectivity index (χ1n) is 12.1. The van der Waals surface area contributed by atoms with Gasteiger partial charge in [-0.3, -0.25) is 9.88 Å². The van der Waals surface area contributed by atoms with Crippen molar-refractivity contribution in [1.29, 1.82) is 0 Å². The molecule has 4 aromatic rings. The van der Waals surface area contributed by atoms with Gasteiger partial charge in [-0.15, -0.1) is 0 Å². The maximum Gasteiger partial charge on any atom is 0.126 e. The average Bonchev–Trinajstić information content (AvgIpc) is 3.13. The van der Waals surface area contributed by atoms with Crippen LogP contribution in [0.4, 0.5) is 8.78 Å². The van der Waals surface area contributed by atoms with Crippen LogP contribution in [0.1, 0.15) is 24.0 Å². The number of hydrogen-bond acceptors (Lipinski definition) is 3. The molecule has 2 atom stereocenters. The van der Waals surface area contributed by atoms with Crippen LogP contribution in [0.15, 0.2) is 85.6 Å². The molecule has 0 aliphatic carbocycles. The first-order chi connectivity index (χ1) is 17.0. The Bertz CT molecular complexity index is 1360. The zero-order valence-corrected chi connectivity index (χ0v) is 19.5. The molecule has 1 aromatic heterocycles. The molecule has 6 rings (SSSR count). The molecular formula is C30H27F2N3. The van der Waals surface area contributed by atoms with E-state index in [1.165, 1.54) is 12.1 Å². The second-order valence-corrected chi connectivity index (χ2v) is 9.67. The maximum absolute atomic E-state index is 13.6. The molecule has 2 unspecified atom stereocenters. The standard InChI is InChI=1S/C30H27F2N3/c1-20(22-7-9-23(10-8-22)29-6-2-4-24-5-3-13-33-30(24)29)35-27-11-12-28(35)19-34(18-27)17-21-14-25(31)16-26(32)15-21/h2-10,13-16,27-28H,1,11-12,17-19H2. The fourth-order valence-corrected chi connectivity index (χ4v) is 5.85. The number of benzene rings is 3. The van der Waals surface area contributed by atoms with Crippen LogP contribution in [-0.4, -0.2) is 40.0 Å². The summed E-state index contributed by atoms with van der Waals surface area (Å²) in [7, 11) is 0. The van der Waals surface area contributed by atoms with Crippen LogP contribution < -0.4 is 0 Å². The molecule has 0 N–H and O–H groups in total. The largest absolute Gasteiger partial charge is 0.363 e. The third-order valence-electron chi connectivity index (χ3n) is 7.36. The summed E-state index contributed by atoms with van der Waals surface area (Å²) in [6, 6.07) is 23.5. The SMILES string of the molecule is C=C(c1ccc(-c2cccc3cccnc23)cc1)N1C2CCC1CN(Cc1cc(F)cc(F)c1)C2. The van der Waals surface area contributed by atoms with Crippen molar-refractivity contribution in [3.8, 4) is 11.1 Å². The Labute approximate surface area is 204 Å². The van der Waals surface area contributed by atoms with Gasteiger partial charge < -0.3 is 4.90 Å². The molecule has 2 aliphatic heterocycles. The van der Waals surface area contributed by atoms with E-state index in [0.29, 0.717) is 24.2 Å². The van der Waals surface area contributed by atoms with E-state index in [9.17, 15) is 8.78 Å². The zero-order valence-electron chi connectivity index (χ0n) is 19.5. The fourth-order valence-electron chi connectivity index (χ4n) is 5.85. The van der Waals surface area contributed by atoms with E-state index in [1.54, 1.807) is 0 Å². The molecule has 3 nitrogen and oxygen atoms in total. The van der Waals surface area contributed by atoms with E-state index in [-0.39, 0.29) is 0 Å². The van der Waals surface area contributed by atoms with Crippen molar-refractivity contribution in [1.82, 2.24) is 14.8 Å². The van der Waals surface area contributed by atoms with Crippen molar-refractivity contribution < 1.29 is 8.78 Å². The summed E-state index contributed by atoms with van der Waals surface area (Å²) >= 11 is 0. The number of hydrogen-bond donors (Lipinski definition) is 0. The lowest BCUT2D eigenvalue weighted by atomic mass is 9.99. The number of aromatic nitrogens is 1. The number of fused-ring (bicyclic) bond motifs is 3. The molecule has 0 amide bonds. The van der Waals surface area contributed by atoms with Crippen LogP contribution in [0.25, 0.3) is 27.7 Å². The summed E-state index contributed by atoms with van der Waals surface area (Å²) in [5.74, 6) is -1.03. The smallest absolute Gasteiger partial charge is 0.126 e. The minimum atomic E-state index is -0.516. The van der Waals surface area contributed by atoms with Crippen molar-refractivity contribution in [2.24, 2.45) is 0 Å². The van der Waals surface area contributed by atoms with E-state index < -0.39 is 11.6 Å². The Balaban J connectivity index is 1.18. The lowest BCUT2D eigenvalue weighted by molar-refractivity contribution is 0.108. The van der Waals surface area contributed by atoms with Crippen LogP contribution in [0.3, 0.4) is 0 Å². The number of likely N-dealkylation sites (tertiary alicyclic amines) is 1.